The van der Waals surface area contributed by atoms with Crippen molar-refractivity contribution in [2.24, 2.45) is 0 Å². The van der Waals surface area contributed by atoms with Gasteiger partial charge in [-0.1, -0.05) is 6.07 Å². The van der Waals surface area contributed by atoms with Crippen molar-refractivity contribution in [3.8, 4) is 0 Å². The zero-order chi connectivity index (χ0) is 14.8. The van der Waals surface area contributed by atoms with Crippen LogP contribution in [0.15, 0.2) is 30.6 Å². The predicted molar refractivity (Wildman–Crippen MR) is 72.8 cm³/mol. The second-order valence-electron chi connectivity index (χ2n) is 5.09. The predicted octanol–water partition coefficient (Wildman–Crippen LogP) is 2.25. The zero-order valence-electron chi connectivity index (χ0n) is 11.4. The molecule has 0 saturated carbocycles. The Kier molecular flexibility index (Phi) is 3.79. The average Bonchev–Trinajstić information content (AvgIpc) is 2.95. The Bertz CT molecular complexity index is 669. The highest BCUT2D eigenvalue weighted by Gasteiger charge is 2.19. The number of hydrogen-bond acceptors (Lipinski definition) is 3. The first-order valence-electron chi connectivity index (χ1n) is 6.85. The maximum Gasteiger partial charge on any atom is 0.169 e. The second kappa shape index (κ2) is 5.73. The first-order valence-corrected chi connectivity index (χ1v) is 6.85. The Morgan fingerprint density at radius 2 is 2.14 bits per heavy atom. The number of nitrogens with zero attached hydrogens (tertiary/aromatic N) is 3. The molecule has 2 heterocycles. The summed E-state index contributed by atoms with van der Waals surface area (Å²) < 4.78 is 28.7. The summed E-state index contributed by atoms with van der Waals surface area (Å²) >= 11 is 0. The molecule has 0 spiro atoms. The number of imidazole rings is 1. The van der Waals surface area contributed by atoms with Crippen molar-refractivity contribution in [3.05, 3.63) is 53.6 Å². The number of rotatable bonds is 4. The van der Waals surface area contributed by atoms with Crippen molar-refractivity contribution in [1.82, 2.24) is 14.5 Å². The van der Waals surface area contributed by atoms with Crippen molar-refractivity contribution in [2.75, 3.05) is 13.1 Å². The number of carbonyl (C=O) groups excluding carboxylic acids is 1. The third kappa shape index (κ3) is 2.85. The molecule has 0 atom stereocenters. The molecule has 6 heteroatoms. The second-order valence-corrected chi connectivity index (χ2v) is 5.09. The van der Waals surface area contributed by atoms with E-state index in [1.165, 1.54) is 12.1 Å². The normalized spacial score (nSPS) is 15.0. The van der Waals surface area contributed by atoms with E-state index in [0.29, 0.717) is 13.1 Å². The van der Waals surface area contributed by atoms with Gasteiger partial charge in [0.1, 0.15) is 5.82 Å². The number of hydrogen-bond donors (Lipinski definition) is 0. The topological polar surface area (TPSA) is 38.1 Å². The largest absolute Gasteiger partial charge is 0.333 e. The third-order valence-corrected chi connectivity index (χ3v) is 3.73. The van der Waals surface area contributed by atoms with E-state index in [-0.39, 0.29) is 17.8 Å². The van der Waals surface area contributed by atoms with Crippen molar-refractivity contribution in [1.29, 1.82) is 0 Å². The third-order valence-electron chi connectivity index (χ3n) is 3.73. The summed E-state index contributed by atoms with van der Waals surface area (Å²) in [7, 11) is 0. The highest BCUT2D eigenvalue weighted by atomic mass is 19.2. The lowest BCUT2D eigenvalue weighted by molar-refractivity contribution is 0.0950. The molecule has 0 amide bonds. The highest BCUT2D eigenvalue weighted by molar-refractivity contribution is 5.96. The molecular formula is C15H15F2N3O. The number of carbonyl (C=O) groups is 1. The molecule has 1 aromatic carbocycles. The lowest BCUT2D eigenvalue weighted by atomic mass is 10.1. The smallest absolute Gasteiger partial charge is 0.169 e. The number of halogens is 2. The molecule has 0 bridgehead atoms. The molecule has 0 radical (unpaired) electrons. The first kappa shape index (κ1) is 13.9. The van der Waals surface area contributed by atoms with Gasteiger partial charge in [-0.25, -0.2) is 13.8 Å². The minimum atomic E-state index is -1.06. The molecule has 0 N–H and O–H groups in total. The fourth-order valence-electron chi connectivity index (χ4n) is 2.53. The van der Waals surface area contributed by atoms with Gasteiger partial charge in [0.15, 0.2) is 17.4 Å². The van der Waals surface area contributed by atoms with Gasteiger partial charge in [-0.2, -0.15) is 0 Å². The van der Waals surface area contributed by atoms with Crippen LogP contribution in [0.4, 0.5) is 8.78 Å². The van der Waals surface area contributed by atoms with E-state index < -0.39 is 11.6 Å². The molecule has 3 rings (SSSR count). The summed E-state index contributed by atoms with van der Waals surface area (Å²) in [5.41, 5.74) is -0.173. The number of benzene rings is 1. The minimum Gasteiger partial charge on any atom is -0.333 e. The quantitative estimate of drug-likeness (QED) is 0.811. The van der Waals surface area contributed by atoms with E-state index >= 15 is 0 Å². The molecule has 0 unspecified atom stereocenters. The fraction of sp³-hybridized carbons (Fsp3) is 0.333. The molecule has 1 aromatic heterocycles. The van der Waals surface area contributed by atoms with E-state index in [1.54, 1.807) is 6.20 Å². The molecule has 4 nitrogen and oxygen atoms in total. The molecule has 1 aliphatic heterocycles. The van der Waals surface area contributed by atoms with E-state index in [9.17, 15) is 13.6 Å². The first-order chi connectivity index (χ1) is 10.1. The monoisotopic (exact) mass is 291 g/mol. The van der Waals surface area contributed by atoms with Crippen LogP contribution in [0.25, 0.3) is 0 Å². The van der Waals surface area contributed by atoms with E-state index in [2.05, 4.69) is 14.5 Å². The zero-order valence-corrected chi connectivity index (χ0v) is 11.4. The van der Waals surface area contributed by atoms with Crippen molar-refractivity contribution >= 4 is 5.78 Å². The maximum atomic E-state index is 13.6. The van der Waals surface area contributed by atoms with Gasteiger partial charge in [-0.15, -0.1) is 0 Å². The van der Waals surface area contributed by atoms with Crippen LogP contribution in [0, 0.1) is 11.6 Å². The van der Waals surface area contributed by atoms with Crippen LogP contribution in [0.1, 0.15) is 22.6 Å². The molecular weight excluding hydrogens is 276 g/mol. The number of Topliss-reactive ketones (excluding diaryl/α,β-unsaturated/α-hetero) is 1. The molecule has 1 aliphatic rings. The Balaban J connectivity index is 1.61. The van der Waals surface area contributed by atoms with Gasteiger partial charge in [-0.05, 0) is 12.1 Å². The summed E-state index contributed by atoms with van der Waals surface area (Å²) in [6.07, 6.45) is 3.85. The van der Waals surface area contributed by atoms with E-state index in [0.717, 1.165) is 25.0 Å². The molecule has 110 valence electrons. The minimum absolute atomic E-state index is 0.168. The lowest BCUT2D eigenvalue weighted by Crippen LogP contribution is -2.35. The van der Waals surface area contributed by atoms with Gasteiger partial charge in [0.2, 0.25) is 0 Å². The van der Waals surface area contributed by atoms with Gasteiger partial charge < -0.3 is 4.57 Å². The van der Waals surface area contributed by atoms with Crippen LogP contribution in [-0.2, 0) is 13.1 Å². The average molecular weight is 291 g/mol. The van der Waals surface area contributed by atoms with Crippen molar-refractivity contribution < 1.29 is 13.6 Å². The van der Waals surface area contributed by atoms with Crippen LogP contribution in [0.3, 0.4) is 0 Å². The summed E-state index contributed by atoms with van der Waals surface area (Å²) in [4.78, 5) is 18.3. The summed E-state index contributed by atoms with van der Waals surface area (Å²) in [5.74, 6) is -1.45. The summed E-state index contributed by atoms with van der Waals surface area (Å²) in [6, 6.07) is 3.68. The number of ketones is 1. The van der Waals surface area contributed by atoms with Crippen LogP contribution >= 0.6 is 0 Å². The van der Waals surface area contributed by atoms with Gasteiger partial charge in [-0.3, -0.25) is 9.69 Å². The van der Waals surface area contributed by atoms with Gasteiger partial charge >= 0.3 is 0 Å². The standard InChI is InChI=1S/C15H15F2N3O/c16-12-3-1-2-11(15(12)17)13(21)4-6-19-8-9-20-7-5-18-14(20)10-19/h1-3,5,7H,4,6,8-10H2. The van der Waals surface area contributed by atoms with Crippen molar-refractivity contribution in [2.45, 2.75) is 19.5 Å². The molecule has 0 saturated heterocycles. The van der Waals surface area contributed by atoms with Gasteiger partial charge in [0, 0.05) is 38.4 Å². The van der Waals surface area contributed by atoms with E-state index in [4.69, 9.17) is 0 Å². The molecule has 21 heavy (non-hydrogen) atoms. The Morgan fingerprint density at radius 3 is 3.00 bits per heavy atom. The lowest BCUT2D eigenvalue weighted by Gasteiger charge is -2.27. The van der Waals surface area contributed by atoms with Crippen LogP contribution in [0.5, 0.6) is 0 Å². The van der Waals surface area contributed by atoms with Crippen LogP contribution < -0.4 is 0 Å². The Morgan fingerprint density at radius 1 is 1.29 bits per heavy atom. The number of aromatic nitrogens is 2. The molecule has 2 aromatic rings. The highest BCUT2D eigenvalue weighted by Crippen LogP contribution is 2.15. The summed E-state index contributed by atoms with van der Waals surface area (Å²) in [5, 5.41) is 0. The SMILES string of the molecule is O=C(CCN1CCn2ccnc2C1)c1cccc(F)c1F. The maximum absolute atomic E-state index is 13.6. The van der Waals surface area contributed by atoms with E-state index in [1.807, 2.05) is 6.20 Å². The number of fused-ring (bicyclic) bond motifs is 1. The summed E-state index contributed by atoms with van der Waals surface area (Å²) in [6.45, 7) is 2.84. The Labute approximate surface area is 121 Å². The Hall–Kier alpha value is -2.08. The van der Waals surface area contributed by atoms with Gasteiger partial charge in [0.05, 0.1) is 12.1 Å². The van der Waals surface area contributed by atoms with Crippen LogP contribution in [0.2, 0.25) is 0 Å². The molecule has 0 fully saturated rings. The fourth-order valence-corrected chi connectivity index (χ4v) is 2.53. The van der Waals surface area contributed by atoms with Crippen LogP contribution in [-0.4, -0.2) is 33.3 Å². The molecule has 0 aliphatic carbocycles. The van der Waals surface area contributed by atoms with Gasteiger partial charge in [0.25, 0.3) is 0 Å². The van der Waals surface area contributed by atoms with Crippen molar-refractivity contribution in [3.63, 3.8) is 0 Å².